The lowest BCUT2D eigenvalue weighted by Gasteiger charge is -2.29. The zero-order chi connectivity index (χ0) is 21.9. The number of sulfonamides is 1. The van der Waals surface area contributed by atoms with E-state index >= 15 is 0 Å². The van der Waals surface area contributed by atoms with Crippen molar-refractivity contribution >= 4 is 27.3 Å². The van der Waals surface area contributed by atoms with Gasteiger partial charge in [0.2, 0.25) is 15.9 Å². The van der Waals surface area contributed by atoms with Gasteiger partial charge in [0.25, 0.3) is 0 Å². The van der Waals surface area contributed by atoms with E-state index in [-0.39, 0.29) is 40.3 Å². The summed E-state index contributed by atoms with van der Waals surface area (Å²) < 4.78 is 40.9. The fraction of sp³-hybridized carbons (Fsp3) is 0.381. The highest BCUT2D eigenvalue weighted by Crippen LogP contribution is 2.27. The lowest BCUT2D eigenvalue weighted by atomic mass is 9.85. The van der Waals surface area contributed by atoms with Crippen LogP contribution >= 0.6 is 0 Å². The molecular formula is C21H27FN4O3S. The predicted octanol–water partition coefficient (Wildman–Crippen LogP) is 2.70. The van der Waals surface area contributed by atoms with Crippen molar-refractivity contribution in [3.8, 4) is 0 Å². The average Bonchev–Trinajstić information content (AvgIpc) is 2.70. The van der Waals surface area contributed by atoms with Crippen LogP contribution in [-0.4, -0.2) is 20.4 Å². The second-order valence-corrected chi connectivity index (χ2v) is 9.46. The van der Waals surface area contributed by atoms with E-state index in [1.54, 1.807) is 12.1 Å². The molecule has 9 heteroatoms. The van der Waals surface area contributed by atoms with Gasteiger partial charge >= 0.3 is 0 Å². The number of nitrogens with one attached hydrogen (secondary N) is 2. The van der Waals surface area contributed by atoms with E-state index in [0.29, 0.717) is 31.4 Å². The Morgan fingerprint density at radius 2 is 1.67 bits per heavy atom. The van der Waals surface area contributed by atoms with Crippen LogP contribution in [0.2, 0.25) is 0 Å². The van der Waals surface area contributed by atoms with Gasteiger partial charge < -0.3 is 16.8 Å². The molecule has 1 fully saturated rings. The third-order valence-corrected chi connectivity index (χ3v) is 7.04. The van der Waals surface area contributed by atoms with Crippen LogP contribution in [0, 0.1) is 11.7 Å². The lowest BCUT2D eigenvalue weighted by molar-refractivity contribution is -0.126. The Kier molecular flexibility index (Phi) is 6.62. The van der Waals surface area contributed by atoms with Gasteiger partial charge in [0, 0.05) is 12.0 Å². The van der Waals surface area contributed by atoms with E-state index in [9.17, 15) is 17.6 Å². The minimum Gasteiger partial charge on any atom is -0.397 e. The summed E-state index contributed by atoms with van der Waals surface area (Å²) in [4.78, 5) is 12.7. The Bertz CT molecular complexity index is 1000. The quantitative estimate of drug-likeness (QED) is 0.520. The van der Waals surface area contributed by atoms with Crippen LogP contribution in [0.5, 0.6) is 0 Å². The lowest BCUT2D eigenvalue weighted by Crippen LogP contribution is -2.41. The molecule has 30 heavy (non-hydrogen) atoms. The topological polar surface area (TPSA) is 127 Å². The van der Waals surface area contributed by atoms with Crippen LogP contribution in [0.1, 0.15) is 44.2 Å². The van der Waals surface area contributed by atoms with Crippen molar-refractivity contribution in [3.05, 3.63) is 53.8 Å². The number of nitrogen functional groups attached to an aromatic ring is 2. The van der Waals surface area contributed by atoms with Gasteiger partial charge in [0.1, 0.15) is 5.82 Å². The molecule has 162 valence electrons. The second-order valence-electron chi connectivity index (χ2n) is 7.74. The van der Waals surface area contributed by atoms with Gasteiger partial charge in [-0.25, -0.2) is 17.5 Å². The summed E-state index contributed by atoms with van der Waals surface area (Å²) in [5.41, 5.74) is 12.7. The molecule has 1 aliphatic rings. The van der Waals surface area contributed by atoms with Gasteiger partial charge in [-0.15, -0.1) is 0 Å². The first-order valence-corrected chi connectivity index (χ1v) is 11.4. The number of hydrogen-bond acceptors (Lipinski definition) is 5. The summed E-state index contributed by atoms with van der Waals surface area (Å²) in [6, 6.07) is 9.78. The zero-order valence-corrected chi connectivity index (χ0v) is 17.6. The molecular weight excluding hydrogens is 407 g/mol. The molecule has 6 N–H and O–H groups in total. The number of nitrogens with two attached hydrogens (primary N) is 2. The molecule has 7 nitrogen and oxygen atoms in total. The molecule has 2 aromatic rings. The van der Waals surface area contributed by atoms with E-state index < -0.39 is 10.0 Å². The van der Waals surface area contributed by atoms with E-state index in [1.165, 1.54) is 30.3 Å². The first-order valence-electron chi connectivity index (χ1n) is 9.89. The summed E-state index contributed by atoms with van der Waals surface area (Å²) in [6.45, 7) is 1.85. The Balaban J connectivity index is 1.53. The van der Waals surface area contributed by atoms with Crippen molar-refractivity contribution in [1.29, 1.82) is 0 Å². The van der Waals surface area contributed by atoms with Crippen LogP contribution < -0.4 is 21.5 Å². The van der Waals surface area contributed by atoms with Crippen LogP contribution in [0.25, 0.3) is 0 Å². The number of rotatable bonds is 6. The summed E-state index contributed by atoms with van der Waals surface area (Å²) in [7, 11) is -3.71. The third kappa shape index (κ3) is 5.28. The fourth-order valence-corrected chi connectivity index (χ4v) is 4.99. The minimum atomic E-state index is -3.71. The van der Waals surface area contributed by atoms with Crippen molar-refractivity contribution in [2.24, 2.45) is 5.92 Å². The van der Waals surface area contributed by atoms with Crippen molar-refractivity contribution in [2.75, 3.05) is 11.5 Å². The smallest absolute Gasteiger partial charge is 0.240 e. The highest BCUT2D eigenvalue weighted by molar-refractivity contribution is 7.89. The Morgan fingerprint density at radius 1 is 1.03 bits per heavy atom. The number of hydrogen-bond donors (Lipinski definition) is 4. The molecule has 0 aromatic heterocycles. The van der Waals surface area contributed by atoms with Crippen LogP contribution in [0.15, 0.2) is 47.4 Å². The number of carbonyl (C=O) groups excluding carboxylic acids is 1. The zero-order valence-electron chi connectivity index (χ0n) is 16.8. The summed E-state index contributed by atoms with van der Waals surface area (Å²) in [5, 5.41) is 2.96. The summed E-state index contributed by atoms with van der Waals surface area (Å²) >= 11 is 0. The fourth-order valence-electron chi connectivity index (χ4n) is 3.65. The van der Waals surface area contributed by atoms with Gasteiger partial charge in [-0.2, -0.15) is 0 Å². The third-order valence-electron chi connectivity index (χ3n) is 5.52. The first-order chi connectivity index (χ1) is 14.2. The maximum atomic E-state index is 13.1. The highest BCUT2D eigenvalue weighted by Gasteiger charge is 2.30. The molecule has 0 unspecified atom stereocenters. The summed E-state index contributed by atoms with van der Waals surface area (Å²) in [5.74, 6) is -0.569. The highest BCUT2D eigenvalue weighted by atomic mass is 32.2. The molecule has 2 aromatic carbocycles. The normalized spacial score (nSPS) is 20.5. The van der Waals surface area contributed by atoms with Gasteiger partial charge in [-0.05, 0) is 68.5 Å². The predicted molar refractivity (Wildman–Crippen MR) is 114 cm³/mol. The summed E-state index contributed by atoms with van der Waals surface area (Å²) in [6.07, 6.45) is 2.29. The molecule has 0 bridgehead atoms. The molecule has 0 saturated heterocycles. The second kappa shape index (κ2) is 9.01. The molecule has 1 amide bonds. The van der Waals surface area contributed by atoms with Crippen LogP contribution in [0.4, 0.5) is 15.8 Å². The van der Waals surface area contributed by atoms with Gasteiger partial charge in [-0.1, -0.05) is 12.1 Å². The van der Waals surface area contributed by atoms with Gasteiger partial charge in [-0.3, -0.25) is 4.79 Å². The molecule has 1 saturated carbocycles. The van der Waals surface area contributed by atoms with E-state index in [2.05, 4.69) is 10.0 Å². The Labute approximate surface area is 176 Å². The van der Waals surface area contributed by atoms with Crippen molar-refractivity contribution in [3.63, 3.8) is 0 Å². The monoisotopic (exact) mass is 434 g/mol. The number of anilines is 2. The van der Waals surface area contributed by atoms with E-state index in [1.807, 2.05) is 6.92 Å². The molecule has 0 heterocycles. The van der Waals surface area contributed by atoms with E-state index in [4.69, 9.17) is 11.5 Å². The number of amides is 1. The maximum absolute atomic E-state index is 13.1. The number of halogens is 1. The maximum Gasteiger partial charge on any atom is 0.240 e. The minimum absolute atomic E-state index is 0.0700. The Hall–Kier alpha value is -2.65. The standard InChI is InChI=1S/C21H27FN4O3S/c1-13(14-2-6-16(22)7-3-14)25-21(27)15-4-8-17(9-5-15)26-30(28,29)18-10-11-19(23)20(24)12-18/h2-3,6-7,10-13,15,17,26H,4-5,8-9,23-24H2,1H3,(H,25,27)/t13-,15-,17-/m1/s1. The van der Waals surface area contributed by atoms with Crippen LogP contribution in [-0.2, 0) is 14.8 Å². The SMILES string of the molecule is C[C@@H](NC(=O)[C@H]1CC[C@H](NS(=O)(=O)c2ccc(N)c(N)c2)CC1)c1ccc(F)cc1. The van der Waals surface area contributed by atoms with E-state index in [0.717, 1.165) is 5.56 Å². The van der Waals surface area contributed by atoms with Crippen molar-refractivity contribution in [1.82, 2.24) is 10.0 Å². The molecule has 1 aliphatic carbocycles. The number of carbonyl (C=O) groups is 1. The average molecular weight is 435 g/mol. The molecule has 0 aliphatic heterocycles. The van der Waals surface area contributed by atoms with Crippen molar-refractivity contribution in [2.45, 2.75) is 49.6 Å². The van der Waals surface area contributed by atoms with Crippen LogP contribution in [0.3, 0.4) is 0 Å². The molecule has 1 atom stereocenters. The Morgan fingerprint density at radius 3 is 2.27 bits per heavy atom. The molecule has 0 radical (unpaired) electrons. The first kappa shape index (κ1) is 22.0. The largest absolute Gasteiger partial charge is 0.397 e. The molecule has 3 rings (SSSR count). The number of benzene rings is 2. The van der Waals surface area contributed by atoms with Gasteiger partial charge in [0.05, 0.1) is 22.3 Å². The molecule has 0 spiro atoms. The van der Waals surface area contributed by atoms with Crippen molar-refractivity contribution < 1.29 is 17.6 Å². The van der Waals surface area contributed by atoms with Gasteiger partial charge in [0.15, 0.2) is 0 Å².